The molecule has 9 nitrogen and oxygen atoms in total. The zero-order valence-corrected chi connectivity index (χ0v) is 14.9. The standard InChI is InChI=1S/C16H17N2O7P/c1-24-26(23,25-2)15(11-5-4-8-14(10-11)18(21)22)17-13-7-3-6-12(9-13)16(19)20/h3-10,15,17H,1-2H3,(H,19,20)/t15-/m1/s1. The summed E-state index contributed by atoms with van der Waals surface area (Å²) in [6.07, 6.45) is 0. The van der Waals surface area contributed by atoms with Crippen LogP contribution in [0.2, 0.25) is 0 Å². The highest BCUT2D eigenvalue weighted by Crippen LogP contribution is 2.59. The van der Waals surface area contributed by atoms with Crippen LogP contribution in [0.15, 0.2) is 48.5 Å². The van der Waals surface area contributed by atoms with Crippen molar-refractivity contribution < 1.29 is 28.4 Å². The molecule has 0 saturated heterocycles. The van der Waals surface area contributed by atoms with Crippen molar-refractivity contribution in [1.82, 2.24) is 0 Å². The number of nitro benzene ring substituents is 1. The van der Waals surface area contributed by atoms with Gasteiger partial charge in [0.2, 0.25) is 0 Å². The Hall–Kier alpha value is -2.74. The van der Waals surface area contributed by atoms with Gasteiger partial charge in [-0.3, -0.25) is 14.7 Å². The molecule has 0 aliphatic carbocycles. The summed E-state index contributed by atoms with van der Waals surface area (Å²) in [5, 5.41) is 23.0. The molecule has 1 atom stereocenters. The van der Waals surface area contributed by atoms with Gasteiger partial charge in [0.25, 0.3) is 5.69 Å². The lowest BCUT2D eigenvalue weighted by Gasteiger charge is -2.26. The first-order chi connectivity index (χ1) is 12.3. The Balaban J connectivity index is 2.50. The van der Waals surface area contributed by atoms with Gasteiger partial charge >= 0.3 is 13.6 Å². The van der Waals surface area contributed by atoms with Gasteiger partial charge in [-0.25, -0.2) is 4.79 Å². The second kappa shape index (κ2) is 8.09. The van der Waals surface area contributed by atoms with E-state index < -0.39 is 24.3 Å². The van der Waals surface area contributed by atoms with Crippen molar-refractivity contribution >= 4 is 24.9 Å². The molecular weight excluding hydrogens is 363 g/mol. The third-order valence-electron chi connectivity index (χ3n) is 3.63. The number of hydrogen-bond acceptors (Lipinski definition) is 7. The quantitative estimate of drug-likeness (QED) is 0.401. The van der Waals surface area contributed by atoms with Crippen molar-refractivity contribution in [3.63, 3.8) is 0 Å². The van der Waals surface area contributed by atoms with Crippen LogP contribution < -0.4 is 5.32 Å². The fourth-order valence-corrected chi connectivity index (χ4v) is 3.74. The predicted molar refractivity (Wildman–Crippen MR) is 94.5 cm³/mol. The zero-order chi connectivity index (χ0) is 19.3. The summed E-state index contributed by atoms with van der Waals surface area (Å²) in [4.78, 5) is 21.6. The number of aromatic carboxylic acids is 1. The van der Waals surface area contributed by atoms with Gasteiger partial charge in [-0.05, 0) is 23.8 Å². The molecule has 0 fully saturated rings. The molecular formula is C16H17N2O7P. The van der Waals surface area contributed by atoms with Crippen LogP contribution in [-0.4, -0.2) is 30.2 Å². The van der Waals surface area contributed by atoms with E-state index in [-0.39, 0.29) is 11.3 Å². The summed E-state index contributed by atoms with van der Waals surface area (Å²) in [7, 11) is -1.35. The minimum Gasteiger partial charge on any atom is -0.478 e. The van der Waals surface area contributed by atoms with Gasteiger partial charge in [-0.1, -0.05) is 18.2 Å². The van der Waals surface area contributed by atoms with Crippen molar-refractivity contribution in [1.29, 1.82) is 0 Å². The first kappa shape index (κ1) is 19.6. The lowest BCUT2D eigenvalue weighted by Crippen LogP contribution is -2.14. The average Bonchev–Trinajstić information content (AvgIpc) is 2.65. The second-order valence-electron chi connectivity index (χ2n) is 5.19. The molecule has 26 heavy (non-hydrogen) atoms. The second-order valence-corrected chi connectivity index (χ2v) is 7.52. The molecule has 138 valence electrons. The van der Waals surface area contributed by atoms with Crippen molar-refractivity contribution in [3.05, 3.63) is 69.8 Å². The van der Waals surface area contributed by atoms with Crippen LogP contribution >= 0.6 is 7.60 Å². The number of nitrogens with zero attached hydrogens (tertiary/aromatic N) is 1. The molecule has 0 amide bonds. The van der Waals surface area contributed by atoms with E-state index in [1.165, 1.54) is 56.7 Å². The highest BCUT2D eigenvalue weighted by molar-refractivity contribution is 7.54. The monoisotopic (exact) mass is 380 g/mol. The molecule has 0 radical (unpaired) electrons. The molecule has 0 aliphatic heterocycles. The molecule has 0 unspecified atom stereocenters. The van der Waals surface area contributed by atoms with E-state index in [0.29, 0.717) is 11.3 Å². The Kier molecular flexibility index (Phi) is 6.10. The molecule has 0 saturated carbocycles. The van der Waals surface area contributed by atoms with Crippen LogP contribution in [-0.2, 0) is 13.6 Å². The molecule has 2 aromatic carbocycles. The summed E-state index contributed by atoms with van der Waals surface area (Å²) < 4.78 is 23.0. The van der Waals surface area contributed by atoms with E-state index in [2.05, 4.69) is 5.32 Å². The largest absolute Gasteiger partial charge is 0.478 e. The van der Waals surface area contributed by atoms with Gasteiger partial charge < -0.3 is 19.5 Å². The molecule has 0 bridgehead atoms. The van der Waals surface area contributed by atoms with Gasteiger partial charge in [0.05, 0.1) is 10.5 Å². The molecule has 0 aliphatic rings. The Morgan fingerprint density at radius 1 is 1.19 bits per heavy atom. The molecule has 0 aromatic heterocycles. The fourth-order valence-electron chi connectivity index (χ4n) is 2.34. The van der Waals surface area contributed by atoms with Crippen LogP contribution in [0.5, 0.6) is 0 Å². The maximum absolute atomic E-state index is 13.0. The average molecular weight is 380 g/mol. The SMILES string of the molecule is COP(=O)(OC)[C@@H](Nc1cccc(C(=O)O)c1)c1cccc([N+](=O)[O-])c1. The van der Waals surface area contributed by atoms with Crippen LogP contribution in [0.3, 0.4) is 0 Å². The van der Waals surface area contributed by atoms with E-state index in [1.807, 2.05) is 0 Å². The smallest absolute Gasteiger partial charge is 0.356 e. The summed E-state index contributed by atoms with van der Waals surface area (Å²) in [5.41, 5.74) is 0.479. The fraction of sp³-hybridized carbons (Fsp3) is 0.188. The summed E-state index contributed by atoms with van der Waals surface area (Å²) in [6.45, 7) is 0. The Labute approximate surface area is 149 Å². The number of carboxylic acid groups (broad SMARTS) is 1. The Bertz CT molecular complexity index is 863. The number of non-ortho nitro benzene ring substituents is 1. The summed E-state index contributed by atoms with van der Waals surface area (Å²) >= 11 is 0. The molecule has 10 heteroatoms. The zero-order valence-electron chi connectivity index (χ0n) is 14.0. The minimum absolute atomic E-state index is 0.0254. The first-order valence-electron chi connectivity index (χ1n) is 7.36. The highest BCUT2D eigenvalue weighted by Gasteiger charge is 2.36. The summed E-state index contributed by atoms with van der Waals surface area (Å²) in [5.74, 6) is -2.20. The normalized spacial score (nSPS) is 12.4. The van der Waals surface area contributed by atoms with Crippen LogP contribution in [0.4, 0.5) is 11.4 Å². The third kappa shape index (κ3) is 4.26. The van der Waals surface area contributed by atoms with Crippen molar-refractivity contribution in [2.45, 2.75) is 5.78 Å². The topological polar surface area (TPSA) is 128 Å². The number of carboxylic acids is 1. The molecule has 2 rings (SSSR count). The van der Waals surface area contributed by atoms with E-state index in [0.717, 1.165) is 0 Å². The lowest BCUT2D eigenvalue weighted by atomic mass is 10.1. The third-order valence-corrected chi connectivity index (χ3v) is 5.71. The van der Waals surface area contributed by atoms with Gasteiger partial charge in [0.1, 0.15) is 0 Å². The number of carbonyl (C=O) groups is 1. The van der Waals surface area contributed by atoms with Gasteiger partial charge in [-0.15, -0.1) is 0 Å². The number of anilines is 1. The molecule has 0 heterocycles. The van der Waals surface area contributed by atoms with Gasteiger partial charge in [-0.2, -0.15) is 0 Å². The van der Waals surface area contributed by atoms with Crippen molar-refractivity contribution in [2.24, 2.45) is 0 Å². The van der Waals surface area contributed by atoms with E-state index >= 15 is 0 Å². The summed E-state index contributed by atoms with van der Waals surface area (Å²) in [6, 6.07) is 11.4. The van der Waals surface area contributed by atoms with Gasteiger partial charge in [0, 0.05) is 32.0 Å². The highest BCUT2D eigenvalue weighted by atomic mass is 31.2. The van der Waals surface area contributed by atoms with E-state index in [4.69, 9.17) is 14.2 Å². The minimum atomic E-state index is -3.75. The number of nitro groups is 1. The number of rotatable bonds is 8. The molecule has 0 spiro atoms. The number of nitrogens with one attached hydrogen (secondary N) is 1. The van der Waals surface area contributed by atoms with Crippen molar-refractivity contribution in [3.8, 4) is 0 Å². The maximum atomic E-state index is 13.0. The lowest BCUT2D eigenvalue weighted by molar-refractivity contribution is -0.384. The predicted octanol–water partition coefficient (Wildman–Crippen LogP) is 3.89. The number of benzene rings is 2. The molecule has 2 aromatic rings. The van der Waals surface area contributed by atoms with Gasteiger partial charge in [0.15, 0.2) is 5.78 Å². The van der Waals surface area contributed by atoms with Crippen LogP contribution in [0.1, 0.15) is 21.7 Å². The maximum Gasteiger partial charge on any atom is 0.356 e. The van der Waals surface area contributed by atoms with Crippen molar-refractivity contribution in [2.75, 3.05) is 19.5 Å². The Morgan fingerprint density at radius 2 is 1.85 bits per heavy atom. The van der Waals surface area contributed by atoms with E-state index in [9.17, 15) is 19.5 Å². The first-order valence-corrected chi connectivity index (χ1v) is 8.97. The van der Waals surface area contributed by atoms with Crippen LogP contribution in [0.25, 0.3) is 0 Å². The molecule has 2 N–H and O–H groups in total. The van der Waals surface area contributed by atoms with E-state index in [1.54, 1.807) is 6.07 Å². The number of hydrogen-bond donors (Lipinski definition) is 2. The Morgan fingerprint density at radius 3 is 2.42 bits per heavy atom. The van der Waals surface area contributed by atoms with Crippen LogP contribution in [0, 0.1) is 10.1 Å².